The number of ether oxygens (including phenoxy) is 2. The first-order valence-electron chi connectivity index (χ1n) is 9.80. The van der Waals surface area contributed by atoms with E-state index >= 15 is 0 Å². The van der Waals surface area contributed by atoms with Gasteiger partial charge in [-0.3, -0.25) is 9.79 Å². The quantitative estimate of drug-likeness (QED) is 0.301. The van der Waals surface area contributed by atoms with Gasteiger partial charge < -0.3 is 25.0 Å². The summed E-state index contributed by atoms with van der Waals surface area (Å²) >= 11 is 0. The third-order valence-corrected chi connectivity index (χ3v) is 4.54. The summed E-state index contributed by atoms with van der Waals surface area (Å²) in [4.78, 5) is 18.2. The molecule has 7 nitrogen and oxygen atoms in total. The molecule has 0 bridgehead atoms. The highest BCUT2D eigenvalue weighted by molar-refractivity contribution is 14.0. The van der Waals surface area contributed by atoms with Crippen LogP contribution in [0.3, 0.4) is 0 Å². The fraction of sp³-hybridized carbons (Fsp3) is 0.600. The Morgan fingerprint density at radius 1 is 1.33 bits per heavy atom. The largest absolute Gasteiger partial charge is 0.490 e. The number of rotatable bonds is 8. The monoisotopic (exact) mass is 540 g/mol. The molecule has 2 N–H and O–H groups in total. The van der Waals surface area contributed by atoms with Gasteiger partial charge in [0, 0.05) is 38.6 Å². The first kappa shape index (κ1) is 26.2. The van der Waals surface area contributed by atoms with E-state index < -0.39 is 6.61 Å². The average molecular weight is 540 g/mol. The molecule has 0 aromatic heterocycles. The lowest BCUT2D eigenvalue weighted by Gasteiger charge is -2.20. The lowest BCUT2D eigenvalue weighted by Crippen LogP contribution is -2.45. The van der Waals surface area contributed by atoms with Crippen LogP contribution in [0.4, 0.5) is 8.78 Å². The molecule has 0 aliphatic carbocycles. The molecule has 170 valence electrons. The maximum absolute atomic E-state index is 12.5. The van der Waals surface area contributed by atoms with E-state index in [4.69, 9.17) is 4.74 Å². The molecule has 2 rings (SSSR count). The summed E-state index contributed by atoms with van der Waals surface area (Å²) in [5, 5.41) is 6.53. The summed E-state index contributed by atoms with van der Waals surface area (Å²) in [6, 6.07) is 4.96. The summed E-state index contributed by atoms with van der Waals surface area (Å²) in [7, 11) is 1.67. The van der Waals surface area contributed by atoms with Crippen molar-refractivity contribution >= 4 is 35.8 Å². The van der Waals surface area contributed by atoms with E-state index in [-0.39, 0.29) is 53.3 Å². The van der Waals surface area contributed by atoms with Gasteiger partial charge in [-0.05, 0) is 31.0 Å². The van der Waals surface area contributed by atoms with Gasteiger partial charge in [0.25, 0.3) is 0 Å². The van der Waals surface area contributed by atoms with Gasteiger partial charge in [0.1, 0.15) is 0 Å². The van der Waals surface area contributed by atoms with Crippen LogP contribution in [0, 0.1) is 5.92 Å². The zero-order valence-electron chi connectivity index (χ0n) is 17.8. The van der Waals surface area contributed by atoms with Gasteiger partial charge in [-0.25, -0.2) is 0 Å². The van der Waals surface area contributed by atoms with Gasteiger partial charge in [-0.2, -0.15) is 8.78 Å². The number of hydrogen-bond acceptors (Lipinski definition) is 4. The Labute approximate surface area is 193 Å². The van der Waals surface area contributed by atoms with E-state index in [9.17, 15) is 13.6 Å². The molecule has 30 heavy (non-hydrogen) atoms. The van der Waals surface area contributed by atoms with Crippen LogP contribution in [0.2, 0.25) is 0 Å². The van der Waals surface area contributed by atoms with Crippen molar-refractivity contribution in [3.05, 3.63) is 23.8 Å². The number of halogens is 3. The Kier molecular flexibility index (Phi) is 11.1. The second-order valence-electron chi connectivity index (χ2n) is 7.09. The lowest BCUT2D eigenvalue weighted by atomic mass is 10.2. The first-order chi connectivity index (χ1) is 13.8. The minimum Gasteiger partial charge on any atom is -0.490 e. The van der Waals surface area contributed by atoms with Crippen molar-refractivity contribution in [2.24, 2.45) is 10.9 Å². The molecule has 0 saturated carbocycles. The molecule has 1 aromatic rings. The smallest absolute Gasteiger partial charge is 0.387 e. The molecular formula is C20H31F2IN4O3. The first-order valence-corrected chi connectivity index (χ1v) is 9.80. The van der Waals surface area contributed by atoms with Crippen LogP contribution in [0.25, 0.3) is 0 Å². The van der Waals surface area contributed by atoms with Gasteiger partial charge in [0.05, 0.1) is 6.61 Å². The van der Waals surface area contributed by atoms with Crippen LogP contribution in [0.1, 0.15) is 32.8 Å². The minimum absolute atomic E-state index is 0. The number of aliphatic imine (C=N–C) groups is 1. The molecule has 0 spiro atoms. The van der Waals surface area contributed by atoms with Crippen molar-refractivity contribution in [3.8, 4) is 11.5 Å². The molecule has 1 aliphatic rings. The number of benzene rings is 1. The SMILES string of the molecule is CCOc1cc(CNC(=NC)NC2CCN(C(=O)C(C)C)C2)ccc1OC(F)F.I. The molecule has 1 amide bonds. The van der Waals surface area contributed by atoms with Crippen LogP contribution < -0.4 is 20.1 Å². The van der Waals surface area contributed by atoms with Crippen molar-refractivity contribution in [1.82, 2.24) is 15.5 Å². The highest BCUT2D eigenvalue weighted by Crippen LogP contribution is 2.29. The van der Waals surface area contributed by atoms with Crippen molar-refractivity contribution in [2.75, 3.05) is 26.7 Å². The van der Waals surface area contributed by atoms with E-state index in [1.54, 1.807) is 26.1 Å². The van der Waals surface area contributed by atoms with Crippen LogP contribution in [-0.2, 0) is 11.3 Å². The molecular weight excluding hydrogens is 509 g/mol. The average Bonchev–Trinajstić information content (AvgIpc) is 3.14. The summed E-state index contributed by atoms with van der Waals surface area (Å²) in [5.41, 5.74) is 0.834. The van der Waals surface area contributed by atoms with Crippen molar-refractivity contribution in [2.45, 2.75) is 46.4 Å². The Hall–Kier alpha value is -1.85. The standard InChI is InChI=1S/C20H30F2N4O3.HI/c1-5-28-17-10-14(6-7-16(17)29-19(21)22)11-24-20(23-4)25-15-8-9-26(12-15)18(27)13(2)3;/h6-7,10,13,15,19H,5,8-9,11-12H2,1-4H3,(H2,23,24,25);1H. The number of hydrogen-bond donors (Lipinski definition) is 2. The van der Waals surface area contributed by atoms with Gasteiger partial charge in [-0.1, -0.05) is 19.9 Å². The van der Waals surface area contributed by atoms with Crippen LogP contribution >= 0.6 is 24.0 Å². The molecule has 0 radical (unpaired) electrons. The van der Waals surface area contributed by atoms with E-state index in [0.29, 0.717) is 25.7 Å². The number of nitrogens with zero attached hydrogens (tertiary/aromatic N) is 2. The van der Waals surface area contributed by atoms with Crippen LogP contribution in [0.15, 0.2) is 23.2 Å². The molecule has 1 unspecified atom stereocenters. The molecule has 1 fully saturated rings. The summed E-state index contributed by atoms with van der Waals surface area (Å²) in [6.07, 6.45) is 0.854. The number of carbonyl (C=O) groups excluding carboxylic acids is 1. The lowest BCUT2D eigenvalue weighted by molar-refractivity contribution is -0.133. The van der Waals surface area contributed by atoms with Gasteiger partial charge >= 0.3 is 6.61 Å². The third-order valence-electron chi connectivity index (χ3n) is 4.54. The third kappa shape index (κ3) is 7.77. The number of guanidine groups is 1. The molecule has 10 heteroatoms. The van der Waals surface area contributed by atoms with Gasteiger partial charge in [0.15, 0.2) is 17.5 Å². The van der Waals surface area contributed by atoms with Crippen molar-refractivity contribution < 1.29 is 23.0 Å². The summed E-state index contributed by atoms with van der Waals surface area (Å²) in [6.45, 7) is 4.81. The molecule has 1 saturated heterocycles. The maximum Gasteiger partial charge on any atom is 0.387 e. The van der Waals surface area contributed by atoms with E-state index in [1.807, 2.05) is 18.7 Å². The predicted molar refractivity (Wildman–Crippen MR) is 123 cm³/mol. The summed E-state index contributed by atoms with van der Waals surface area (Å²) in [5.74, 6) is 1.04. The van der Waals surface area contributed by atoms with E-state index in [2.05, 4.69) is 20.4 Å². The Morgan fingerprint density at radius 3 is 2.67 bits per heavy atom. The molecule has 1 atom stereocenters. The number of amides is 1. The number of carbonyl (C=O) groups is 1. The second kappa shape index (κ2) is 12.8. The number of alkyl halides is 2. The number of likely N-dealkylation sites (tertiary alicyclic amines) is 1. The Bertz CT molecular complexity index is 719. The van der Waals surface area contributed by atoms with Gasteiger partial charge in [-0.15, -0.1) is 24.0 Å². The van der Waals surface area contributed by atoms with Crippen molar-refractivity contribution in [1.29, 1.82) is 0 Å². The highest BCUT2D eigenvalue weighted by Gasteiger charge is 2.27. The van der Waals surface area contributed by atoms with E-state index in [1.165, 1.54) is 6.07 Å². The van der Waals surface area contributed by atoms with Crippen LogP contribution in [0.5, 0.6) is 11.5 Å². The fourth-order valence-electron chi connectivity index (χ4n) is 3.14. The fourth-order valence-corrected chi connectivity index (χ4v) is 3.14. The topological polar surface area (TPSA) is 75.2 Å². The van der Waals surface area contributed by atoms with Crippen LogP contribution in [-0.4, -0.2) is 56.2 Å². The van der Waals surface area contributed by atoms with Crippen molar-refractivity contribution in [3.63, 3.8) is 0 Å². The second-order valence-corrected chi connectivity index (χ2v) is 7.09. The van der Waals surface area contributed by atoms with Gasteiger partial charge in [0.2, 0.25) is 5.91 Å². The molecule has 1 heterocycles. The molecule has 1 aromatic carbocycles. The minimum atomic E-state index is -2.91. The highest BCUT2D eigenvalue weighted by atomic mass is 127. The zero-order valence-corrected chi connectivity index (χ0v) is 20.1. The maximum atomic E-state index is 12.5. The summed E-state index contributed by atoms with van der Waals surface area (Å²) < 4.78 is 34.9. The zero-order chi connectivity index (χ0) is 21.4. The Balaban J connectivity index is 0.00000450. The Morgan fingerprint density at radius 2 is 2.07 bits per heavy atom. The normalized spacial score (nSPS) is 16.5. The predicted octanol–water partition coefficient (Wildman–Crippen LogP) is 3.23. The molecule has 1 aliphatic heterocycles. The number of nitrogens with one attached hydrogen (secondary N) is 2. The van der Waals surface area contributed by atoms with E-state index in [0.717, 1.165) is 18.5 Å².